The van der Waals surface area contributed by atoms with Crippen molar-refractivity contribution < 1.29 is 31.9 Å². The number of sulfonamides is 1. The van der Waals surface area contributed by atoms with Gasteiger partial charge in [-0.05, 0) is 37.6 Å². The highest BCUT2D eigenvalue weighted by Crippen LogP contribution is 2.10. The summed E-state index contributed by atoms with van der Waals surface area (Å²) in [6, 6.07) is 4.42. The van der Waals surface area contributed by atoms with E-state index in [1.807, 2.05) is 0 Å². The number of nitrogens with zero attached hydrogens (tertiary/aromatic N) is 1. The highest BCUT2D eigenvalue weighted by molar-refractivity contribution is 7.89. The normalized spacial score (nSPS) is 16.0. The van der Waals surface area contributed by atoms with E-state index in [9.17, 15) is 22.4 Å². The fourth-order valence-electron chi connectivity index (χ4n) is 2.48. The number of carbonyl (C=O) groups excluding carboxylic acids is 2. The lowest BCUT2D eigenvalue weighted by atomic mass is 10.3. The molecule has 1 atom stereocenters. The van der Waals surface area contributed by atoms with Crippen molar-refractivity contribution in [3.05, 3.63) is 30.1 Å². The van der Waals surface area contributed by atoms with E-state index in [0.717, 1.165) is 24.3 Å². The molecule has 0 aromatic heterocycles. The van der Waals surface area contributed by atoms with Gasteiger partial charge in [0.15, 0.2) is 6.10 Å². The topological polar surface area (TPSA) is 102 Å². The zero-order valence-corrected chi connectivity index (χ0v) is 15.8. The molecular formula is C17H23FN2O6S. The Bertz CT molecular complexity index is 747. The summed E-state index contributed by atoms with van der Waals surface area (Å²) in [6.07, 6.45) is -0.726. The molecule has 1 amide bonds. The van der Waals surface area contributed by atoms with E-state index in [1.165, 1.54) is 6.92 Å². The van der Waals surface area contributed by atoms with E-state index in [1.54, 1.807) is 4.90 Å². The molecule has 1 heterocycles. The number of esters is 1. The van der Waals surface area contributed by atoms with Gasteiger partial charge in [0.2, 0.25) is 10.0 Å². The summed E-state index contributed by atoms with van der Waals surface area (Å²) in [4.78, 5) is 25.5. The van der Waals surface area contributed by atoms with E-state index in [0.29, 0.717) is 26.3 Å². The second kappa shape index (κ2) is 9.77. The van der Waals surface area contributed by atoms with Crippen LogP contribution in [0.3, 0.4) is 0 Å². The molecule has 0 spiro atoms. The molecule has 1 fully saturated rings. The molecule has 1 N–H and O–H groups in total. The summed E-state index contributed by atoms with van der Waals surface area (Å²) in [6.45, 7) is 3.37. The van der Waals surface area contributed by atoms with E-state index >= 15 is 0 Å². The van der Waals surface area contributed by atoms with Crippen molar-refractivity contribution in [2.75, 3.05) is 32.8 Å². The fourth-order valence-corrected chi connectivity index (χ4v) is 3.56. The standard InChI is InChI=1S/C17H23FN2O6S/c1-13(17(22)20-9-11-25-12-10-20)26-16(21)3-2-8-19-27(23,24)15-6-4-14(18)5-7-15/h4-7,13,19H,2-3,8-12H2,1H3/t13-/m0/s1. The molecule has 0 aliphatic carbocycles. The molecule has 8 nitrogen and oxygen atoms in total. The van der Waals surface area contributed by atoms with Crippen LogP contribution >= 0.6 is 0 Å². The van der Waals surface area contributed by atoms with E-state index in [4.69, 9.17) is 9.47 Å². The van der Waals surface area contributed by atoms with Gasteiger partial charge in [0.1, 0.15) is 5.82 Å². The van der Waals surface area contributed by atoms with Crippen LogP contribution in [0.25, 0.3) is 0 Å². The smallest absolute Gasteiger partial charge is 0.306 e. The van der Waals surface area contributed by atoms with Crippen LogP contribution in [0.1, 0.15) is 19.8 Å². The summed E-state index contributed by atoms with van der Waals surface area (Å²) in [7, 11) is -3.77. The average molecular weight is 402 g/mol. The van der Waals surface area contributed by atoms with Crippen LogP contribution in [-0.4, -0.2) is 64.1 Å². The van der Waals surface area contributed by atoms with Gasteiger partial charge >= 0.3 is 5.97 Å². The minimum atomic E-state index is -3.77. The lowest BCUT2D eigenvalue weighted by Crippen LogP contribution is -2.46. The Morgan fingerprint density at radius 1 is 1.26 bits per heavy atom. The molecule has 1 aliphatic heterocycles. The van der Waals surface area contributed by atoms with Gasteiger partial charge in [0.25, 0.3) is 5.91 Å². The fraction of sp³-hybridized carbons (Fsp3) is 0.529. The van der Waals surface area contributed by atoms with Crippen LogP contribution < -0.4 is 4.72 Å². The first-order chi connectivity index (χ1) is 12.8. The van der Waals surface area contributed by atoms with Crippen molar-refractivity contribution in [3.63, 3.8) is 0 Å². The number of morpholine rings is 1. The van der Waals surface area contributed by atoms with Crippen LogP contribution in [0, 0.1) is 5.82 Å². The third kappa shape index (κ3) is 6.56. The lowest BCUT2D eigenvalue weighted by Gasteiger charge is -2.28. The van der Waals surface area contributed by atoms with Gasteiger partial charge in [0, 0.05) is 26.1 Å². The monoisotopic (exact) mass is 402 g/mol. The Labute approximate surface area is 157 Å². The quantitative estimate of drug-likeness (QED) is 0.507. The second-order valence-electron chi connectivity index (χ2n) is 6.02. The number of benzene rings is 1. The Morgan fingerprint density at radius 2 is 1.89 bits per heavy atom. The molecule has 27 heavy (non-hydrogen) atoms. The Morgan fingerprint density at radius 3 is 2.52 bits per heavy atom. The number of hydrogen-bond donors (Lipinski definition) is 1. The van der Waals surface area contributed by atoms with E-state index in [2.05, 4.69) is 4.72 Å². The lowest BCUT2D eigenvalue weighted by molar-refractivity contribution is -0.160. The van der Waals surface area contributed by atoms with Crippen molar-refractivity contribution in [1.29, 1.82) is 0 Å². The molecule has 0 bridgehead atoms. The van der Waals surface area contributed by atoms with Crippen LogP contribution in [0.4, 0.5) is 4.39 Å². The molecule has 2 rings (SSSR count). The highest BCUT2D eigenvalue weighted by atomic mass is 32.2. The maximum Gasteiger partial charge on any atom is 0.306 e. The minimum Gasteiger partial charge on any atom is -0.453 e. The summed E-state index contributed by atoms with van der Waals surface area (Å²) in [5.41, 5.74) is 0. The number of hydrogen-bond acceptors (Lipinski definition) is 6. The van der Waals surface area contributed by atoms with Crippen LogP contribution in [0.15, 0.2) is 29.2 Å². The van der Waals surface area contributed by atoms with Crippen LogP contribution in [0.2, 0.25) is 0 Å². The minimum absolute atomic E-state index is 0.0145. The van der Waals surface area contributed by atoms with Gasteiger partial charge in [-0.1, -0.05) is 0 Å². The van der Waals surface area contributed by atoms with Crippen molar-refractivity contribution in [2.45, 2.75) is 30.8 Å². The molecule has 1 aromatic rings. The van der Waals surface area contributed by atoms with Crippen LogP contribution in [0.5, 0.6) is 0 Å². The molecule has 1 aliphatic rings. The molecule has 1 aromatic carbocycles. The van der Waals surface area contributed by atoms with Gasteiger partial charge in [-0.3, -0.25) is 9.59 Å². The van der Waals surface area contributed by atoms with E-state index in [-0.39, 0.29) is 30.2 Å². The molecule has 150 valence electrons. The molecule has 1 saturated heterocycles. The number of halogens is 1. The summed E-state index contributed by atoms with van der Waals surface area (Å²) < 4.78 is 49.5. The SMILES string of the molecule is C[C@H](OC(=O)CCCNS(=O)(=O)c1ccc(F)cc1)C(=O)N1CCOCC1. The van der Waals surface area contributed by atoms with Crippen LogP contribution in [-0.2, 0) is 29.1 Å². The highest BCUT2D eigenvalue weighted by Gasteiger charge is 2.25. The molecule has 0 unspecified atom stereocenters. The number of nitrogens with one attached hydrogen (secondary N) is 1. The number of ether oxygens (including phenoxy) is 2. The number of rotatable bonds is 8. The first kappa shape index (κ1) is 21.3. The van der Waals surface area contributed by atoms with Crippen molar-refractivity contribution in [3.8, 4) is 0 Å². The third-order valence-corrected chi connectivity index (χ3v) is 5.43. The van der Waals surface area contributed by atoms with Gasteiger partial charge in [0.05, 0.1) is 18.1 Å². The van der Waals surface area contributed by atoms with Crippen molar-refractivity contribution in [2.24, 2.45) is 0 Å². The zero-order chi connectivity index (χ0) is 19.9. The van der Waals surface area contributed by atoms with Gasteiger partial charge in [-0.2, -0.15) is 0 Å². The Hall–Kier alpha value is -2.04. The summed E-state index contributed by atoms with van der Waals surface area (Å²) in [5.74, 6) is -1.38. The van der Waals surface area contributed by atoms with Gasteiger partial charge in [-0.25, -0.2) is 17.5 Å². The van der Waals surface area contributed by atoms with Gasteiger partial charge in [-0.15, -0.1) is 0 Å². The second-order valence-corrected chi connectivity index (χ2v) is 7.79. The maximum atomic E-state index is 12.9. The average Bonchev–Trinajstić information content (AvgIpc) is 2.65. The first-order valence-electron chi connectivity index (χ1n) is 8.61. The molecule has 0 radical (unpaired) electrons. The third-order valence-electron chi connectivity index (χ3n) is 3.95. The predicted octanol–water partition coefficient (Wildman–Crippen LogP) is 0.675. The van der Waals surface area contributed by atoms with E-state index < -0.39 is 27.9 Å². The number of carbonyl (C=O) groups is 2. The van der Waals surface area contributed by atoms with Crippen molar-refractivity contribution >= 4 is 21.9 Å². The zero-order valence-electron chi connectivity index (χ0n) is 15.0. The maximum absolute atomic E-state index is 12.9. The predicted molar refractivity (Wildman–Crippen MR) is 93.8 cm³/mol. The number of amides is 1. The molecule has 0 saturated carbocycles. The molecule has 10 heteroatoms. The van der Waals surface area contributed by atoms with Crippen molar-refractivity contribution in [1.82, 2.24) is 9.62 Å². The molecular weight excluding hydrogens is 379 g/mol. The first-order valence-corrected chi connectivity index (χ1v) is 10.1. The summed E-state index contributed by atoms with van der Waals surface area (Å²) in [5, 5.41) is 0. The van der Waals surface area contributed by atoms with Gasteiger partial charge < -0.3 is 14.4 Å². The Kier molecular flexibility index (Phi) is 7.69. The largest absolute Gasteiger partial charge is 0.453 e. The summed E-state index contributed by atoms with van der Waals surface area (Å²) >= 11 is 0. The Balaban J connectivity index is 1.70.